The fourth-order valence-electron chi connectivity index (χ4n) is 1.47. The predicted molar refractivity (Wildman–Crippen MR) is 62.5 cm³/mol. The van der Waals surface area contributed by atoms with Crippen molar-refractivity contribution in [2.75, 3.05) is 19.8 Å². The molecule has 0 aromatic heterocycles. The highest BCUT2D eigenvalue weighted by molar-refractivity contribution is 6.14. The summed E-state index contributed by atoms with van der Waals surface area (Å²) in [4.78, 5) is 35.1. The number of nitrogens with zero attached hydrogens (tertiary/aromatic N) is 1. The zero-order chi connectivity index (χ0) is 13.5. The molecule has 1 aliphatic heterocycles. The van der Waals surface area contributed by atoms with Crippen molar-refractivity contribution in [3.05, 3.63) is 12.2 Å². The van der Waals surface area contributed by atoms with Crippen LogP contribution in [0.15, 0.2) is 12.2 Å². The number of hydrogen-bond donors (Lipinski definition) is 0. The Bertz CT molecular complexity index is 345. The minimum Gasteiger partial charge on any atom is -0.462 e. The monoisotopic (exact) mass is 255 g/mol. The van der Waals surface area contributed by atoms with E-state index in [9.17, 15) is 14.4 Å². The second kappa shape index (κ2) is 6.90. The Labute approximate surface area is 106 Å². The van der Waals surface area contributed by atoms with Crippen molar-refractivity contribution in [1.29, 1.82) is 0 Å². The van der Waals surface area contributed by atoms with E-state index >= 15 is 0 Å². The van der Waals surface area contributed by atoms with Crippen molar-refractivity contribution < 1.29 is 23.9 Å². The zero-order valence-corrected chi connectivity index (χ0v) is 10.5. The van der Waals surface area contributed by atoms with Crippen molar-refractivity contribution in [2.45, 2.75) is 26.3 Å². The van der Waals surface area contributed by atoms with Crippen LogP contribution in [-0.2, 0) is 23.9 Å². The van der Waals surface area contributed by atoms with Crippen LogP contribution in [0.4, 0.5) is 0 Å². The van der Waals surface area contributed by atoms with Gasteiger partial charge in [-0.2, -0.15) is 0 Å². The van der Waals surface area contributed by atoms with Crippen LogP contribution >= 0.6 is 0 Å². The van der Waals surface area contributed by atoms with Crippen LogP contribution in [0.25, 0.3) is 0 Å². The average Bonchev–Trinajstić information content (AvgIpc) is 2.67. The molecule has 0 bridgehead atoms. The third-order valence-electron chi connectivity index (χ3n) is 2.39. The molecule has 100 valence electrons. The molecule has 1 heterocycles. The molecule has 0 spiro atoms. The SMILES string of the molecule is CCCOCCOC(=O)C(C)N1C(=O)C=CC1=O. The first-order valence-corrected chi connectivity index (χ1v) is 5.87. The summed E-state index contributed by atoms with van der Waals surface area (Å²) in [6.45, 7) is 4.48. The summed E-state index contributed by atoms with van der Waals surface area (Å²) in [5, 5.41) is 0. The van der Waals surface area contributed by atoms with Gasteiger partial charge in [-0.25, -0.2) is 4.79 Å². The Hall–Kier alpha value is -1.69. The largest absolute Gasteiger partial charge is 0.462 e. The molecule has 0 aromatic rings. The Kier molecular flexibility index (Phi) is 5.51. The smallest absolute Gasteiger partial charge is 0.329 e. The molecule has 0 aliphatic carbocycles. The molecule has 2 amide bonds. The normalized spacial score (nSPS) is 16.2. The predicted octanol–water partition coefficient (Wildman–Crippen LogP) is 0.270. The van der Waals surface area contributed by atoms with Gasteiger partial charge >= 0.3 is 5.97 Å². The molecular formula is C12H17NO5. The first kappa shape index (κ1) is 14.4. The van der Waals surface area contributed by atoms with Gasteiger partial charge in [-0.1, -0.05) is 6.92 Å². The first-order valence-electron chi connectivity index (χ1n) is 5.87. The summed E-state index contributed by atoms with van der Waals surface area (Å²) in [5.41, 5.74) is 0. The van der Waals surface area contributed by atoms with Crippen molar-refractivity contribution in [2.24, 2.45) is 0 Å². The maximum Gasteiger partial charge on any atom is 0.329 e. The van der Waals surface area contributed by atoms with Gasteiger partial charge in [0.05, 0.1) is 6.61 Å². The van der Waals surface area contributed by atoms with Gasteiger partial charge in [-0.3, -0.25) is 14.5 Å². The van der Waals surface area contributed by atoms with Gasteiger partial charge < -0.3 is 9.47 Å². The Balaban J connectivity index is 2.33. The van der Waals surface area contributed by atoms with Crippen molar-refractivity contribution >= 4 is 17.8 Å². The summed E-state index contributed by atoms with van der Waals surface area (Å²) in [6, 6.07) is -0.911. The molecule has 6 nitrogen and oxygen atoms in total. The van der Waals surface area contributed by atoms with Crippen LogP contribution in [0, 0.1) is 0 Å². The lowest BCUT2D eigenvalue weighted by Crippen LogP contribution is -2.44. The van der Waals surface area contributed by atoms with Crippen molar-refractivity contribution in [3.63, 3.8) is 0 Å². The number of hydrogen-bond acceptors (Lipinski definition) is 5. The van der Waals surface area contributed by atoms with Gasteiger partial charge in [-0.15, -0.1) is 0 Å². The minimum absolute atomic E-state index is 0.118. The number of rotatable bonds is 7. The van der Waals surface area contributed by atoms with Crippen molar-refractivity contribution in [1.82, 2.24) is 4.90 Å². The number of carbonyl (C=O) groups excluding carboxylic acids is 3. The van der Waals surface area contributed by atoms with Crippen LogP contribution < -0.4 is 0 Å². The maximum atomic E-state index is 11.6. The molecule has 1 atom stereocenters. The quantitative estimate of drug-likeness (QED) is 0.371. The Morgan fingerprint density at radius 1 is 1.22 bits per heavy atom. The molecule has 0 aromatic carbocycles. The molecule has 1 unspecified atom stereocenters. The van der Waals surface area contributed by atoms with E-state index in [2.05, 4.69) is 0 Å². The molecule has 0 N–H and O–H groups in total. The van der Waals surface area contributed by atoms with Gasteiger partial charge in [0.1, 0.15) is 12.6 Å². The molecule has 0 radical (unpaired) electrons. The highest BCUT2D eigenvalue weighted by atomic mass is 16.6. The maximum absolute atomic E-state index is 11.6. The van der Waals surface area contributed by atoms with Crippen LogP contribution in [0.2, 0.25) is 0 Å². The lowest BCUT2D eigenvalue weighted by molar-refractivity contribution is -0.157. The van der Waals surface area contributed by atoms with E-state index in [-0.39, 0.29) is 6.61 Å². The fourth-order valence-corrected chi connectivity index (χ4v) is 1.47. The number of carbonyl (C=O) groups is 3. The molecule has 1 rings (SSSR count). The first-order chi connectivity index (χ1) is 8.57. The van der Waals surface area contributed by atoms with Crippen molar-refractivity contribution in [3.8, 4) is 0 Å². The Morgan fingerprint density at radius 3 is 2.39 bits per heavy atom. The Morgan fingerprint density at radius 2 is 1.83 bits per heavy atom. The highest BCUT2D eigenvalue weighted by Crippen LogP contribution is 2.10. The lowest BCUT2D eigenvalue weighted by atomic mass is 10.3. The van der Waals surface area contributed by atoms with Gasteiger partial charge in [0, 0.05) is 18.8 Å². The topological polar surface area (TPSA) is 72.9 Å². The van der Waals surface area contributed by atoms with E-state index < -0.39 is 23.8 Å². The number of imide groups is 1. The molecule has 1 aliphatic rings. The second-order valence-electron chi connectivity index (χ2n) is 3.84. The summed E-state index contributed by atoms with van der Waals surface area (Å²) >= 11 is 0. The second-order valence-corrected chi connectivity index (χ2v) is 3.84. The number of esters is 1. The van der Waals surface area contributed by atoms with Gasteiger partial charge in [-0.05, 0) is 13.3 Å². The van der Waals surface area contributed by atoms with Crippen LogP contribution in [-0.4, -0.2) is 48.5 Å². The zero-order valence-electron chi connectivity index (χ0n) is 10.5. The molecular weight excluding hydrogens is 238 g/mol. The van der Waals surface area contributed by atoms with E-state index in [1.807, 2.05) is 6.92 Å². The van der Waals surface area contributed by atoms with E-state index in [1.165, 1.54) is 6.92 Å². The average molecular weight is 255 g/mol. The van der Waals surface area contributed by atoms with E-state index in [4.69, 9.17) is 9.47 Å². The third kappa shape index (κ3) is 3.66. The fraction of sp³-hybridized carbons (Fsp3) is 0.583. The summed E-state index contributed by atoms with van der Waals surface area (Å²) in [5.74, 6) is -1.60. The van der Waals surface area contributed by atoms with Gasteiger partial charge in [0.15, 0.2) is 0 Å². The standard InChI is InChI=1S/C12H17NO5/c1-3-6-17-7-8-18-12(16)9(2)13-10(14)4-5-11(13)15/h4-5,9H,3,6-8H2,1-2H3. The number of amides is 2. The van der Waals surface area contributed by atoms with Gasteiger partial charge in [0.25, 0.3) is 11.8 Å². The summed E-state index contributed by atoms with van der Waals surface area (Å²) < 4.78 is 10.1. The molecule has 0 saturated carbocycles. The highest BCUT2D eigenvalue weighted by Gasteiger charge is 2.33. The molecule has 0 fully saturated rings. The van der Waals surface area contributed by atoms with E-state index in [0.29, 0.717) is 13.2 Å². The number of ether oxygens (including phenoxy) is 2. The van der Waals surface area contributed by atoms with Crippen LogP contribution in [0.5, 0.6) is 0 Å². The van der Waals surface area contributed by atoms with E-state index in [1.54, 1.807) is 0 Å². The molecule has 18 heavy (non-hydrogen) atoms. The third-order valence-corrected chi connectivity index (χ3v) is 2.39. The van der Waals surface area contributed by atoms with Crippen LogP contribution in [0.3, 0.4) is 0 Å². The van der Waals surface area contributed by atoms with Crippen LogP contribution in [0.1, 0.15) is 20.3 Å². The molecule has 6 heteroatoms. The van der Waals surface area contributed by atoms with Gasteiger partial charge in [0.2, 0.25) is 0 Å². The lowest BCUT2D eigenvalue weighted by Gasteiger charge is -2.20. The van der Waals surface area contributed by atoms with E-state index in [0.717, 1.165) is 23.5 Å². The summed E-state index contributed by atoms with van der Waals surface area (Å²) in [7, 11) is 0. The minimum atomic E-state index is -0.911. The summed E-state index contributed by atoms with van der Waals surface area (Å²) in [6.07, 6.45) is 3.17. The molecule has 0 saturated heterocycles.